The van der Waals surface area contributed by atoms with E-state index in [-0.39, 0.29) is 5.91 Å². The molecule has 1 rings (SSSR count). The maximum absolute atomic E-state index is 11.7. The van der Waals surface area contributed by atoms with E-state index < -0.39 is 5.54 Å². The Morgan fingerprint density at radius 2 is 2.22 bits per heavy atom. The van der Waals surface area contributed by atoms with Crippen LogP contribution in [0.15, 0.2) is 0 Å². The molecule has 0 aromatic carbocycles. The molecule has 1 saturated heterocycles. The molecule has 0 radical (unpaired) electrons. The summed E-state index contributed by atoms with van der Waals surface area (Å²) >= 11 is 0. The van der Waals surface area contributed by atoms with Gasteiger partial charge in [-0.3, -0.25) is 4.79 Å². The van der Waals surface area contributed by atoms with Gasteiger partial charge in [0.15, 0.2) is 0 Å². The summed E-state index contributed by atoms with van der Waals surface area (Å²) < 4.78 is 0. The van der Waals surface area contributed by atoms with Crippen LogP contribution in [0.1, 0.15) is 46.5 Å². The molecule has 0 bridgehead atoms. The van der Waals surface area contributed by atoms with Gasteiger partial charge in [0, 0.05) is 13.1 Å². The Kier molecular flexibility index (Phi) is 6.09. The molecule has 4 heteroatoms. The number of carbonyl (C=O) groups is 1. The molecule has 0 aromatic heterocycles. The van der Waals surface area contributed by atoms with Crippen molar-refractivity contribution in [3.05, 3.63) is 0 Å². The van der Waals surface area contributed by atoms with E-state index in [1.54, 1.807) is 0 Å². The Hall–Kier alpha value is -0.610. The molecule has 1 amide bonds. The molecule has 106 valence electrons. The fraction of sp³-hybridized carbons (Fsp3) is 0.929. The SMILES string of the molecule is CCCNC(C)(CN1CCCC(CC)C1)C(N)=O. The number of piperidine rings is 1. The zero-order valence-electron chi connectivity index (χ0n) is 12.2. The maximum Gasteiger partial charge on any atom is 0.238 e. The number of hydrogen-bond acceptors (Lipinski definition) is 3. The summed E-state index contributed by atoms with van der Waals surface area (Å²) in [6.45, 7) is 10.0. The maximum atomic E-state index is 11.7. The van der Waals surface area contributed by atoms with Crippen molar-refractivity contribution in [3.8, 4) is 0 Å². The molecule has 0 aromatic rings. The summed E-state index contributed by atoms with van der Waals surface area (Å²) in [4.78, 5) is 14.1. The minimum absolute atomic E-state index is 0.241. The minimum atomic E-state index is -0.592. The van der Waals surface area contributed by atoms with Crippen molar-refractivity contribution < 1.29 is 4.79 Å². The lowest BCUT2D eigenvalue weighted by atomic mass is 9.93. The number of amides is 1. The van der Waals surface area contributed by atoms with Crippen LogP contribution in [0.25, 0.3) is 0 Å². The molecule has 0 spiro atoms. The van der Waals surface area contributed by atoms with Gasteiger partial charge in [0.25, 0.3) is 0 Å². The Morgan fingerprint density at radius 1 is 1.50 bits per heavy atom. The van der Waals surface area contributed by atoms with E-state index >= 15 is 0 Å². The number of hydrogen-bond donors (Lipinski definition) is 2. The normalized spacial score (nSPS) is 24.7. The van der Waals surface area contributed by atoms with Crippen LogP contribution in [-0.4, -0.2) is 42.5 Å². The summed E-state index contributed by atoms with van der Waals surface area (Å²) in [5.74, 6) is 0.539. The summed E-state index contributed by atoms with van der Waals surface area (Å²) in [6, 6.07) is 0. The number of nitrogens with one attached hydrogen (secondary N) is 1. The van der Waals surface area contributed by atoms with Crippen LogP contribution < -0.4 is 11.1 Å². The van der Waals surface area contributed by atoms with Crippen molar-refractivity contribution in [3.63, 3.8) is 0 Å². The number of likely N-dealkylation sites (tertiary alicyclic amines) is 1. The molecular weight excluding hydrogens is 226 g/mol. The molecule has 1 aliphatic heterocycles. The van der Waals surface area contributed by atoms with Crippen LogP contribution in [-0.2, 0) is 4.79 Å². The van der Waals surface area contributed by atoms with Crippen molar-refractivity contribution >= 4 is 5.91 Å². The van der Waals surface area contributed by atoms with Crippen LogP contribution in [0.3, 0.4) is 0 Å². The van der Waals surface area contributed by atoms with Gasteiger partial charge in [0.05, 0.1) is 0 Å². The zero-order chi connectivity index (χ0) is 13.6. The first-order valence-electron chi connectivity index (χ1n) is 7.29. The third-order valence-corrected chi connectivity index (χ3v) is 4.03. The van der Waals surface area contributed by atoms with Crippen molar-refractivity contribution in [2.75, 3.05) is 26.2 Å². The summed E-state index contributed by atoms with van der Waals surface area (Å²) in [7, 11) is 0. The number of primary amides is 1. The molecule has 1 aliphatic rings. The van der Waals surface area contributed by atoms with Gasteiger partial charge in [0.1, 0.15) is 5.54 Å². The van der Waals surface area contributed by atoms with Crippen LogP contribution >= 0.6 is 0 Å². The molecule has 1 fully saturated rings. The first-order chi connectivity index (χ1) is 8.51. The van der Waals surface area contributed by atoms with E-state index in [1.807, 2.05) is 6.92 Å². The molecular formula is C14H29N3O. The smallest absolute Gasteiger partial charge is 0.238 e. The van der Waals surface area contributed by atoms with E-state index in [1.165, 1.54) is 19.3 Å². The van der Waals surface area contributed by atoms with Gasteiger partial charge in [-0.2, -0.15) is 0 Å². The Balaban J connectivity index is 2.57. The standard InChI is InChI=1S/C14H29N3O/c1-4-8-16-14(3,13(15)18)11-17-9-6-7-12(5-2)10-17/h12,16H,4-11H2,1-3H3,(H2,15,18). The third kappa shape index (κ3) is 4.25. The average molecular weight is 255 g/mol. The largest absolute Gasteiger partial charge is 0.368 e. The molecule has 18 heavy (non-hydrogen) atoms. The highest BCUT2D eigenvalue weighted by molar-refractivity contribution is 5.84. The van der Waals surface area contributed by atoms with Gasteiger partial charge in [-0.1, -0.05) is 20.3 Å². The molecule has 1 heterocycles. The summed E-state index contributed by atoms with van der Waals surface area (Å²) in [6.07, 6.45) is 4.80. The second-order valence-electron chi connectivity index (χ2n) is 5.77. The molecule has 2 atom stereocenters. The molecule has 4 nitrogen and oxygen atoms in total. The Labute approximate surface area is 111 Å². The third-order valence-electron chi connectivity index (χ3n) is 4.03. The molecule has 0 saturated carbocycles. The Morgan fingerprint density at radius 3 is 2.78 bits per heavy atom. The predicted octanol–water partition coefficient (Wildman–Crippen LogP) is 1.35. The van der Waals surface area contributed by atoms with Crippen molar-refractivity contribution in [2.45, 2.75) is 52.0 Å². The highest BCUT2D eigenvalue weighted by Gasteiger charge is 2.33. The molecule has 2 unspecified atom stereocenters. The number of nitrogens with zero attached hydrogens (tertiary/aromatic N) is 1. The van der Waals surface area contributed by atoms with E-state index in [9.17, 15) is 4.79 Å². The van der Waals surface area contributed by atoms with Crippen LogP contribution in [0, 0.1) is 5.92 Å². The van der Waals surface area contributed by atoms with Crippen molar-refractivity contribution in [2.24, 2.45) is 11.7 Å². The first-order valence-corrected chi connectivity index (χ1v) is 7.29. The van der Waals surface area contributed by atoms with Gasteiger partial charge in [0.2, 0.25) is 5.91 Å². The van der Waals surface area contributed by atoms with E-state index in [2.05, 4.69) is 24.1 Å². The number of rotatable bonds is 7. The lowest BCUT2D eigenvalue weighted by Crippen LogP contribution is -2.60. The Bertz CT molecular complexity index is 270. The van der Waals surface area contributed by atoms with Gasteiger partial charge >= 0.3 is 0 Å². The fourth-order valence-electron chi connectivity index (χ4n) is 2.70. The van der Waals surface area contributed by atoms with Crippen LogP contribution in [0.2, 0.25) is 0 Å². The van der Waals surface area contributed by atoms with Crippen molar-refractivity contribution in [1.29, 1.82) is 0 Å². The predicted molar refractivity (Wildman–Crippen MR) is 75.3 cm³/mol. The van der Waals surface area contributed by atoms with E-state index in [0.717, 1.165) is 38.5 Å². The van der Waals surface area contributed by atoms with Gasteiger partial charge < -0.3 is 16.0 Å². The van der Waals surface area contributed by atoms with Crippen LogP contribution in [0.5, 0.6) is 0 Å². The monoisotopic (exact) mass is 255 g/mol. The lowest BCUT2D eigenvalue weighted by Gasteiger charge is -2.38. The quantitative estimate of drug-likeness (QED) is 0.722. The lowest BCUT2D eigenvalue weighted by molar-refractivity contribution is -0.124. The number of carbonyl (C=O) groups excluding carboxylic acids is 1. The zero-order valence-corrected chi connectivity index (χ0v) is 12.2. The minimum Gasteiger partial charge on any atom is -0.368 e. The van der Waals surface area contributed by atoms with Gasteiger partial charge in [-0.05, 0) is 45.2 Å². The molecule has 3 N–H and O–H groups in total. The second kappa shape index (κ2) is 7.10. The van der Waals surface area contributed by atoms with Crippen LogP contribution in [0.4, 0.5) is 0 Å². The van der Waals surface area contributed by atoms with E-state index in [4.69, 9.17) is 5.73 Å². The summed E-state index contributed by atoms with van der Waals surface area (Å²) in [5.41, 5.74) is 4.98. The molecule has 0 aliphatic carbocycles. The number of nitrogens with two attached hydrogens (primary N) is 1. The van der Waals surface area contributed by atoms with Crippen molar-refractivity contribution in [1.82, 2.24) is 10.2 Å². The highest BCUT2D eigenvalue weighted by atomic mass is 16.1. The topological polar surface area (TPSA) is 58.4 Å². The van der Waals surface area contributed by atoms with Gasteiger partial charge in [-0.15, -0.1) is 0 Å². The fourth-order valence-corrected chi connectivity index (χ4v) is 2.70. The highest BCUT2D eigenvalue weighted by Crippen LogP contribution is 2.20. The van der Waals surface area contributed by atoms with E-state index in [0.29, 0.717) is 0 Å². The summed E-state index contributed by atoms with van der Waals surface area (Å²) in [5, 5.41) is 3.31. The van der Waals surface area contributed by atoms with Gasteiger partial charge in [-0.25, -0.2) is 0 Å². The second-order valence-corrected chi connectivity index (χ2v) is 5.77. The first kappa shape index (κ1) is 15.4. The average Bonchev–Trinajstić information content (AvgIpc) is 2.36.